The summed E-state index contributed by atoms with van der Waals surface area (Å²) in [6, 6.07) is 11.5. The van der Waals surface area contributed by atoms with Crippen LogP contribution in [0.1, 0.15) is 11.1 Å². The monoisotopic (exact) mass is 375 g/mol. The summed E-state index contributed by atoms with van der Waals surface area (Å²) < 4.78 is 24.9. The molecule has 1 heterocycles. The van der Waals surface area contributed by atoms with Gasteiger partial charge >= 0.3 is 5.97 Å². The van der Waals surface area contributed by atoms with Crippen molar-refractivity contribution < 1.29 is 18.7 Å². The van der Waals surface area contributed by atoms with Crippen molar-refractivity contribution in [2.24, 2.45) is 4.99 Å². The number of esters is 1. The molecular formula is C17H11BrFNO3. The first-order valence-electron chi connectivity index (χ1n) is 6.69. The van der Waals surface area contributed by atoms with Gasteiger partial charge in [-0.2, -0.15) is 0 Å². The average molecular weight is 376 g/mol. The molecule has 0 bridgehead atoms. The second kappa shape index (κ2) is 6.34. The van der Waals surface area contributed by atoms with E-state index < -0.39 is 11.8 Å². The van der Waals surface area contributed by atoms with E-state index in [-0.39, 0.29) is 17.2 Å². The highest BCUT2D eigenvalue weighted by Crippen LogP contribution is 2.26. The lowest BCUT2D eigenvalue weighted by molar-refractivity contribution is -0.129. The highest BCUT2D eigenvalue weighted by Gasteiger charge is 2.26. The van der Waals surface area contributed by atoms with E-state index >= 15 is 0 Å². The minimum atomic E-state index is -0.634. The van der Waals surface area contributed by atoms with Crippen molar-refractivity contribution in [1.29, 1.82) is 0 Å². The van der Waals surface area contributed by atoms with Gasteiger partial charge in [0.1, 0.15) is 11.6 Å². The molecule has 0 fully saturated rings. The molecule has 4 nitrogen and oxygen atoms in total. The van der Waals surface area contributed by atoms with E-state index in [0.29, 0.717) is 15.8 Å². The number of ether oxygens (including phenoxy) is 2. The molecule has 1 aliphatic heterocycles. The molecule has 0 unspecified atom stereocenters. The molecular weight excluding hydrogens is 365 g/mol. The van der Waals surface area contributed by atoms with E-state index in [1.165, 1.54) is 19.3 Å². The molecule has 0 radical (unpaired) electrons. The second-order valence-corrected chi connectivity index (χ2v) is 5.62. The van der Waals surface area contributed by atoms with Gasteiger partial charge in [-0.05, 0) is 36.4 Å². The SMILES string of the molecule is COc1ccccc1C1=N/C(=C\c2cc(Br)ccc2F)C(=O)O1. The summed E-state index contributed by atoms with van der Waals surface area (Å²) >= 11 is 3.26. The standard InChI is InChI=1S/C17H11BrFNO3/c1-22-15-5-3-2-4-12(15)16-20-14(17(21)23-16)9-10-8-11(18)6-7-13(10)19/h2-9H,1H3/b14-9-. The van der Waals surface area contributed by atoms with Crippen molar-refractivity contribution in [3.05, 3.63) is 69.6 Å². The van der Waals surface area contributed by atoms with Crippen LogP contribution in [0.5, 0.6) is 5.75 Å². The Hall–Kier alpha value is -2.47. The third-order valence-corrected chi connectivity index (χ3v) is 3.70. The third-order valence-electron chi connectivity index (χ3n) is 3.21. The highest BCUT2D eigenvalue weighted by atomic mass is 79.9. The molecule has 0 N–H and O–H groups in total. The maximum atomic E-state index is 13.8. The number of carbonyl (C=O) groups excluding carboxylic acids is 1. The molecule has 2 aromatic carbocycles. The smallest absolute Gasteiger partial charge is 0.363 e. The third kappa shape index (κ3) is 3.17. The van der Waals surface area contributed by atoms with E-state index in [0.717, 1.165) is 0 Å². The van der Waals surface area contributed by atoms with E-state index in [2.05, 4.69) is 20.9 Å². The van der Waals surface area contributed by atoms with Gasteiger partial charge < -0.3 is 9.47 Å². The van der Waals surface area contributed by atoms with E-state index in [4.69, 9.17) is 9.47 Å². The summed E-state index contributed by atoms with van der Waals surface area (Å²) in [5, 5.41) is 0. The maximum Gasteiger partial charge on any atom is 0.363 e. The molecule has 2 aromatic rings. The zero-order valence-electron chi connectivity index (χ0n) is 12.0. The summed E-state index contributed by atoms with van der Waals surface area (Å²) in [7, 11) is 1.52. The average Bonchev–Trinajstić information content (AvgIpc) is 2.91. The molecule has 23 heavy (non-hydrogen) atoms. The molecule has 0 atom stereocenters. The summed E-state index contributed by atoms with van der Waals surface area (Å²) in [5.41, 5.74) is 0.834. The normalized spacial score (nSPS) is 15.5. The summed E-state index contributed by atoms with van der Waals surface area (Å²) in [6.07, 6.45) is 1.35. The highest BCUT2D eigenvalue weighted by molar-refractivity contribution is 9.10. The Bertz CT molecular complexity index is 845. The van der Waals surface area contributed by atoms with Gasteiger partial charge in [0.15, 0.2) is 5.70 Å². The van der Waals surface area contributed by atoms with Gasteiger partial charge in [0.05, 0.1) is 12.7 Å². The van der Waals surface area contributed by atoms with Gasteiger partial charge in [0.25, 0.3) is 0 Å². The maximum absolute atomic E-state index is 13.8. The van der Waals surface area contributed by atoms with Crippen LogP contribution in [0.2, 0.25) is 0 Å². The van der Waals surface area contributed by atoms with Crippen LogP contribution in [-0.4, -0.2) is 19.0 Å². The van der Waals surface area contributed by atoms with Crippen molar-refractivity contribution in [3.8, 4) is 5.75 Å². The lowest BCUT2D eigenvalue weighted by Gasteiger charge is -2.05. The lowest BCUT2D eigenvalue weighted by Crippen LogP contribution is -2.06. The van der Waals surface area contributed by atoms with Crippen LogP contribution in [-0.2, 0) is 9.53 Å². The van der Waals surface area contributed by atoms with Crippen LogP contribution in [0, 0.1) is 5.82 Å². The largest absolute Gasteiger partial charge is 0.496 e. The number of benzene rings is 2. The predicted molar refractivity (Wildman–Crippen MR) is 87.7 cm³/mol. The number of hydrogen-bond acceptors (Lipinski definition) is 4. The first-order valence-corrected chi connectivity index (χ1v) is 7.49. The Morgan fingerprint density at radius 3 is 2.83 bits per heavy atom. The molecule has 3 rings (SSSR count). The Morgan fingerprint density at radius 2 is 2.04 bits per heavy atom. The van der Waals surface area contributed by atoms with Crippen molar-refractivity contribution in [2.75, 3.05) is 7.11 Å². The minimum Gasteiger partial charge on any atom is -0.496 e. The van der Waals surface area contributed by atoms with Crippen LogP contribution < -0.4 is 4.74 Å². The number of cyclic esters (lactones) is 1. The molecule has 6 heteroatoms. The summed E-state index contributed by atoms with van der Waals surface area (Å²) in [4.78, 5) is 16.1. The zero-order chi connectivity index (χ0) is 16.4. The first-order chi connectivity index (χ1) is 11.1. The van der Waals surface area contributed by atoms with Crippen LogP contribution in [0.4, 0.5) is 4.39 Å². The minimum absolute atomic E-state index is 0.0305. The van der Waals surface area contributed by atoms with Gasteiger partial charge in [0.2, 0.25) is 5.90 Å². The van der Waals surface area contributed by atoms with Crippen LogP contribution >= 0.6 is 15.9 Å². The fraction of sp³-hybridized carbons (Fsp3) is 0.0588. The number of methoxy groups -OCH3 is 1. The lowest BCUT2D eigenvalue weighted by atomic mass is 10.2. The number of aliphatic imine (C=N–C) groups is 1. The molecule has 116 valence electrons. The second-order valence-electron chi connectivity index (χ2n) is 4.70. The van der Waals surface area contributed by atoms with Gasteiger partial charge in [-0.1, -0.05) is 28.1 Å². The molecule has 0 saturated carbocycles. The van der Waals surface area contributed by atoms with Gasteiger partial charge in [-0.25, -0.2) is 14.2 Å². The van der Waals surface area contributed by atoms with Gasteiger partial charge in [0, 0.05) is 10.0 Å². The number of para-hydroxylation sites is 1. The number of rotatable bonds is 3. The number of carbonyl (C=O) groups is 1. The topological polar surface area (TPSA) is 47.9 Å². The zero-order valence-corrected chi connectivity index (χ0v) is 13.6. The Labute approximate surface area is 140 Å². The first kappa shape index (κ1) is 15.4. The predicted octanol–water partition coefficient (Wildman–Crippen LogP) is 3.94. The van der Waals surface area contributed by atoms with Crippen molar-refractivity contribution >= 4 is 33.9 Å². The van der Waals surface area contributed by atoms with Crippen LogP contribution in [0.3, 0.4) is 0 Å². The van der Waals surface area contributed by atoms with Crippen LogP contribution in [0.25, 0.3) is 6.08 Å². The quantitative estimate of drug-likeness (QED) is 0.602. The number of nitrogens with zero attached hydrogens (tertiary/aromatic N) is 1. The summed E-state index contributed by atoms with van der Waals surface area (Å²) in [5.74, 6) is -0.414. The molecule has 0 amide bonds. The van der Waals surface area contributed by atoms with Gasteiger partial charge in [-0.3, -0.25) is 0 Å². The fourth-order valence-corrected chi connectivity index (χ4v) is 2.50. The van der Waals surface area contributed by atoms with Crippen molar-refractivity contribution in [3.63, 3.8) is 0 Å². The Balaban J connectivity index is 2.01. The number of halogens is 2. The van der Waals surface area contributed by atoms with Gasteiger partial charge in [-0.15, -0.1) is 0 Å². The van der Waals surface area contributed by atoms with E-state index in [1.807, 2.05) is 0 Å². The molecule has 0 spiro atoms. The van der Waals surface area contributed by atoms with Crippen molar-refractivity contribution in [1.82, 2.24) is 0 Å². The van der Waals surface area contributed by atoms with Crippen molar-refractivity contribution in [2.45, 2.75) is 0 Å². The Kier molecular flexibility index (Phi) is 4.25. The summed E-state index contributed by atoms with van der Waals surface area (Å²) in [6.45, 7) is 0. The Morgan fingerprint density at radius 1 is 1.26 bits per heavy atom. The molecule has 0 saturated heterocycles. The molecule has 1 aliphatic rings. The van der Waals surface area contributed by atoms with Crippen LogP contribution in [0.15, 0.2) is 57.6 Å². The number of hydrogen-bond donors (Lipinski definition) is 0. The van der Waals surface area contributed by atoms with E-state index in [1.54, 1.807) is 36.4 Å². The molecule has 0 aliphatic carbocycles. The van der Waals surface area contributed by atoms with E-state index in [9.17, 15) is 9.18 Å². The fourth-order valence-electron chi connectivity index (χ4n) is 2.12. The molecule has 0 aromatic heterocycles.